The largest absolute Gasteiger partial charge is 0.441 e. The summed E-state index contributed by atoms with van der Waals surface area (Å²) in [6.07, 6.45) is 2.98. The Bertz CT molecular complexity index is 563. The molecule has 3 rings (SSSR count). The maximum atomic E-state index is 6.13. The summed E-state index contributed by atoms with van der Waals surface area (Å²) in [4.78, 5) is 4.47. The summed E-state index contributed by atoms with van der Waals surface area (Å²) in [5.74, 6) is 1.39. The molecule has 0 aromatic carbocycles. The highest BCUT2D eigenvalue weighted by Crippen LogP contribution is 2.34. The Morgan fingerprint density at radius 3 is 3.06 bits per heavy atom. The fraction of sp³-hybridized carbons (Fsp3) is 0.364. The molecule has 0 amide bonds. The van der Waals surface area contributed by atoms with Crippen molar-refractivity contribution in [2.24, 2.45) is 5.73 Å². The average molecular weight is 317 g/mol. The first-order chi connectivity index (χ1) is 8.16. The molecule has 2 aromatic rings. The standard InChI is InChI=1S/C11H11BrClN3O/c12-10-6-2-1-3-9(14)16(6)11(15-10)7-4-5-8(13)17-7/h4-5,9H,1-3,14H2. The van der Waals surface area contributed by atoms with Gasteiger partial charge in [0, 0.05) is 0 Å². The zero-order valence-electron chi connectivity index (χ0n) is 8.99. The van der Waals surface area contributed by atoms with Crippen LogP contribution in [0.1, 0.15) is 24.7 Å². The molecule has 0 saturated carbocycles. The van der Waals surface area contributed by atoms with E-state index in [1.807, 2.05) is 10.6 Å². The molecular weight excluding hydrogens is 305 g/mol. The van der Waals surface area contributed by atoms with E-state index in [1.165, 1.54) is 0 Å². The summed E-state index contributed by atoms with van der Waals surface area (Å²) in [6.45, 7) is 0. The van der Waals surface area contributed by atoms with E-state index in [4.69, 9.17) is 21.8 Å². The van der Waals surface area contributed by atoms with Crippen molar-refractivity contribution in [2.75, 3.05) is 0 Å². The van der Waals surface area contributed by atoms with Crippen LogP contribution < -0.4 is 5.73 Å². The minimum absolute atomic E-state index is 0.0450. The topological polar surface area (TPSA) is 57.0 Å². The van der Waals surface area contributed by atoms with Crippen LogP contribution in [0.15, 0.2) is 21.2 Å². The van der Waals surface area contributed by atoms with E-state index in [0.717, 1.165) is 35.4 Å². The number of rotatable bonds is 1. The van der Waals surface area contributed by atoms with E-state index in [0.29, 0.717) is 11.0 Å². The van der Waals surface area contributed by atoms with Crippen LogP contribution in [0.25, 0.3) is 11.6 Å². The van der Waals surface area contributed by atoms with Crippen LogP contribution >= 0.6 is 27.5 Å². The molecule has 1 atom stereocenters. The molecule has 90 valence electrons. The van der Waals surface area contributed by atoms with Gasteiger partial charge in [0.15, 0.2) is 16.8 Å². The number of imidazole rings is 1. The summed E-state index contributed by atoms with van der Waals surface area (Å²) in [6, 6.07) is 3.52. The van der Waals surface area contributed by atoms with Crippen molar-refractivity contribution < 1.29 is 4.42 Å². The number of nitrogens with two attached hydrogens (primary N) is 1. The molecule has 0 fully saturated rings. The SMILES string of the molecule is NC1CCCc2c(Br)nc(-c3ccc(Cl)o3)n21. The summed E-state index contributed by atoms with van der Waals surface area (Å²) < 4.78 is 8.28. The summed E-state index contributed by atoms with van der Waals surface area (Å²) in [5, 5.41) is 0.359. The number of hydrogen-bond acceptors (Lipinski definition) is 3. The number of fused-ring (bicyclic) bond motifs is 1. The van der Waals surface area contributed by atoms with Crippen LogP contribution in [-0.2, 0) is 6.42 Å². The lowest BCUT2D eigenvalue weighted by atomic mass is 10.1. The second-order valence-corrected chi connectivity index (χ2v) is 5.23. The molecule has 1 aliphatic heterocycles. The third-order valence-electron chi connectivity index (χ3n) is 3.00. The van der Waals surface area contributed by atoms with Gasteiger partial charge >= 0.3 is 0 Å². The second-order valence-electron chi connectivity index (χ2n) is 4.11. The van der Waals surface area contributed by atoms with Crippen molar-refractivity contribution in [3.05, 3.63) is 27.6 Å². The van der Waals surface area contributed by atoms with E-state index in [1.54, 1.807) is 6.07 Å². The van der Waals surface area contributed by atoms with Crippen molar-refractivity contribution in [1.29, 1.82) is 0 Å². The Hall–Kier alpha value is -0.780. The molecule has 1 unspecified atom stereocenters. The summed E-state index contributed by atoms with van der Waals surface area (Å²) in [5.41, 5.74) is 7.26. The Labute approximate surface area is 112 Å². The highest BCUT2D eigenvalue weighted by molar-refractivity contribution is 9.10. The third kappa shape index (κ3) is 1.82. The quantitative estimate of drug-likeness (QED) is 0.877. The van der Waals surface area contributed by atoms with Gasteiger partial charge in [-0.1, -0.05) is 0 Å². The Morgan fingerprint density at radius 2 is 2.35 bits per heavy atom. The van der Waals surface area contributed by atoms with Crippen LogP contribution in [0.5, 0.6) is 0 Å². The van der Waals surface area contributed by atoms with Gasteiger partial charge in [-0.2, -0.15) is 0 Å². The van der Waals surface area contributed by atoms with Crippen LogP contribution in [0, 0.1) is 0 Å². The van der Waals surface area contributed by atoms with Gasteiger partial charge in [0.25, 0.3) is 0 Å². The average Bonchev–Trinajstić information content (AvgIpc) is 2.85. The maximum Gasteiger partial charge on any atom is 0.194 e. The van der Waals surface area contributed by atoms with E-state index >= 15 is 0 Å². The van der Waals surface area contributed by atoms with Gasteiger partial charge in [0.1, 0.15) is 4.60 Å². The number of aromatic nitrogens is 2. The van der Waals surface area contributed by atoms with Crippen molar-refractivity contribution in [3.8, 4) is 11.6 Å². The van der Waals surface area contributed by atoms with E-state index in [2.05, 4.69) is 20.9 Å². The fourth-order valence-corrected chi connectivity index (χ4v) is 2.94. The first-order valence-corrected chi connectivity index (χ1v) is 6.62. The molecule has 1 aliphatic rings. The van der Waals surface area contributed by atoms with Gasteiger partial charge in [0.2, 0.25) is 0 Å². The second kappa shape index (κ2) is 4.15. The third-order valence-corrected chi connectivity index (χ3v) is 3.84. The number of furan rings is 1. The Kier molecular flexibility index (Phi) is 2.77. The first kappa shape index (κ1) is 11.3. The molecule has 4 nitrogen and oxygen atoms in total. The van der Waals surface area contributed by atoms with Crippen LogP contribution in [-0.4, -0.2) is 9.55 Å². The maximum absolute atomic E-state index is 6.13. The van der Waals surface area contributed by atoms with Crippen molar-refractivity contribution in [1.82, 2.24) is 9.55 Å². The van der Waals surface area contributed by atoms with Gasteiger partial charge in [-0.15, -0.1) is 0 Å². The molecule has 0 spiro atoms. The zero-order chi connectivity index (χ0) is 12.0. The smallest absolute Gasteiger partial charge is 0.194 e. The normalized spacial score (nSPS) is 19.4. The fourth-order valence-electron chi connectivity index (χ4n) is 2.24. The summed E-state index contributed by atoms with van der Waals surface area (Å²) in [7, 11) is 0. The van der Waals surface area contributed by atoms with E-state index < -0.39 is 0 Å². The Morgan fingerprint density at radius 1 is 1.53 bits per heavy atom. The van der Waals surface area contributed by atoms with E-state index in [-0.39, 0.29) is 6.17 Å². The Balaban J connectivity index is 2.18. The lowest BCUT2D eigenvalue weighted by Crippen LogP contribution is -2.25. The first-order valence-electron chi connectivity index (χ1n) is 5.44. The lowest BCUT2D eigenvalue weighted by Gasteiger charge is -2.23. The van der Waals surface area contributed by atoms with E-state index in [9.17, 15) is 0 Å². The van der Waals surface area contributed by atoms with Gasteiger partial charge in [-0.05, 0) is 58.9 Å². The molecular formula is C11H11BrClN3O. The zero-order valence-corrected chi connectivity index (χ0v) is 11.3. The molecule has 0 saturated heterocycles. The molecule has 3 heterocycles. The van der Waals surface area contributed by atoms with Gasteiger partial charge in [-0.25, -0.2) is 4.98 Å². The minimum atomic E-state index is -0.0450. The summed E-state index contributed by atoms with van der Waals surface area (Å²) >= 11 is 9.26. The minimum Gasteiger partial charge on any atom is -0.441 e. The molecule has 0 aliphatic carbocycles. The lowest BCUT2D eigenvalue weighted by molar-refractivity contribution is 0.412. The predicted octanol–water partition coefficient (Wildman–Crippen LogP) is 3.35. The molecule has 6 heteroatoms. The molecule has 2 N–H and O–H groups in total. The highest BCUT2D eigenvalue weighted by atomic mass is 79.9. The molecule has 0 bridgehead atoms. The highest BCUT2D eigenvalue weighted by Gasteiger charge is 2.25. The van der Waals surface area contributed by atoms with Gasteiger partial charge in [0.05, 0.1) is 11.9 Å². The van der Waals surface area contributed by atoms with Crippen LogP contribution in [0.4, 0.5) is 0 Å². The molecule has 17 heavy (non-hydrogen) atoms. The van der Waals surface area contributed by atoms with Crippen LogP contribution in [0.2, 0.25) is 5.22 Å². The van der Waals surface area contributed by atoms with Gasteiger partial charge in [-0.3, -0.25) is 0 Å². The number of halogens is 2. The van der Waals surface area contributed by atoms with Crippen molar-refractivity contribution in [3.63, 3.8) is 0 Å². The molecule has 2 aromatic heterocycles. The predicted molar refractivity (Wildman–Crippen MR) is 68.8 cm³/mol. The monoisotopic (exact) mass is 315 g/mol. The van der Waals surface area contributed by atoms with Gasteiger partial charge < -0.3 is 14.7 Å². The number of hydrogen-bond donors (Lipinski definition) is 1. The molecule has 0 radical (unpaired) electrons. The van der Waals surface area contributed by atoms with Crippen molar-refractivity contribution in [2.45, 2.75) is 25.4 Å². The number of nitrogens with zero attached hydrogens (tertiary/aromatic N) is 2. The van der Waals surface area contributed by atoms with Crippen LogP contribution in [0.3, 0.4) is 0 Å². The van der Waals surface area contributed by atoms with Crippen molar-refractivity contribution >= 4 is 27.5 Å².